The number of rotatable bonds is 2. The van der Waals surface area contributed by atoms with Crippen LogP contribution in [0.4, 0.5) is 5.82 Å². The molecule has 0 saturated heterocycles. The summed E-state index contributed by atoms with van der Waals surface area (Å²) < 4.78 is 0.764. The molecule has 1 aromatic carbocycles. The number of halogens is 1. The third-order valence-corrected chi connectivity index (χ3v) is 3.18. The lowest BCUT2D eigenvalue weighted by atomic mass is 10.1. The lowest BCUT2D eigenvalue weighted by Gasteiger charge is -2.13. The van der Waals surface area contributed by atoms with Gasteiger partial charge < -0.3 is 10.0 Å². The summed E-state index contributed by atoms with van der Waals surface area (Å²) in [7, 11) is 3.70. The van der Waals surface area contributed by atoms with Gasteiger partial charge in [-0.2, -0.15) is 0 Å². The maximum absolute atomic E-state index is 11.0. The number of aromatic nitrogens is 2. The highest BCUT2D eigenvalue weighted by atomic mass is 127. The number of aromatic carboxylic acids is 1. The maximum atomic E-state index is 11.0. The number of benzene rings is 1. The van der Waals surface area contributed by atoms with Crippen LogP contribution in [-0.4, -0.2) is 35.4 Å². The fraction of sp³-hybridized carbons (Fsp3) is 0.182. The van der Waals surface area contributed by atoms with Crippen molar-refractivity contribution >= 4 is 45.2 Å². The molecule has 17 heavy (non-hydrogen) atoms. The Labute approximate surface area is 112 Å². The van der Waals surface area contributed by atoms with E-state index < -0.39 is 5.97 Å². The van der Waals surface area contributed by atoms with Crippen molar-refractivity contribution in [1.82, 2.24) is 10.2 Å². The van der Waals surface area contributed by atoms with Crippen molar-refractivity contribution in [1.29, 1.82) is 0 Å². The molecule has 1 aromatic heterocycles. The molecule has 0 aliphatic carbocycles. The van der Waals surface area contributed by atoms with E-state index in [-0.39, 0.29) is 5.56 Å². The molecular formula is C11H10IN3O2. The van der Waals surface area contributed by atoms with E-state index in [4.69, 9.17) is 5.11 Å². The lowest BCUT2D eigenvalue weighted by molar-refractivity contribution is 0.0697. The molecule has 0 aliphatic rings. The Morgan fingerprint density at radius 3 is 2.59 bits per heavy atom. The van der Waals surface area contributed by atoms with Gasteiger partial charge in [0.1, 0.15) is 3.70 Å². The summed E-state index contributed by atoms with van der Waals surface area (Å²) in [4.78, 5) is 12.8. The van der Waals surface area contributed by atoms with Crippen LogP contribution in [0, 0.1) is 3.70 Å². The van der Waals surface area contributed by atoms with Gasteiger partial charge >= 0.3 is 5.97 Å². The predicted molar refractivity (Wildman–Crippen MR) is 73.5 cm³/mol. The van der Waals surface area contributed by atoms with Crippen LogP contribution in [0.5, 0.6) is 0 Å². The Balaban J connectivity index is 2.80. The fourth-order valence-electron chi connectivity index (χ4n) is 1.57. The van der Waals surface area contributed by atoms with E-state index >= 15 is 0 Å². The second-order valence-corrected chi connectivity index (χ2v) is 4.80. The van der Waals surface area contributed by atoms with Gasteiger partial charge in [0.25, 0.3) is 0 Å². The molecule has 0 fully saturated rings. The van der Waals surface area contributed by atoms with E-state index in [9.17, 15) is 4.79 Å². The van der Waals surface area contributed by atoms with E-state index in [0.717, 1.165) is 14.5 Å². The summed E-state index contributed by atoms with van der Waals surface area (Å²) in [6.07, 6.45) is 0. The summed E-state index contributed by atoms with van der Waals surface area (Å²) in [5.74, 6) is -0.271. The average Bonchev–Trinajstić information content (AvgIpc) is 2.28. The first-order valence-electron chi connectivity index (χ1n) is 4.87. The van der Waals surface area contributed by atoms with Crippen molar-refractivity contribution in [2.75, 3.05) is 19.0 Å². The maximum Gasteiger partial charge on any atom is 0.335 e. The zero-order valence-electron chi connectivity index (χ0n) is 9.31. The molecule has 0 amide bonds. The topological polar surface area (TPSA) is 66.3 Å². The van der Waals surface area contributed by atoms with Crippen molar-refractivity contribution in [3.8, 4) is 0 Å². The molecule has 0 bridgehead atoms. The Bertz CT molecular complexity index is 599. The molecule has 1 N–H and O–H groups in total. The van der Waals surface area contributed by atoms with Gasteiger partial charge in [0.2, 0.25) is 0 Å². The van der Waals surface area contributed by atoms with Gasteiger partial charge in [0.05, 0.1) is 5.56 Å². The van der Waals surface area contributed by atoms with Crippen LogP contribution >= 0.6 is 22.6 Å². The normalized spacial score (nSPS) is 10.5. The molecule has 0 saturated carbocycles. The number of anilines is 1. The summed E-state index contributed by atoms with van der Waals surface area (Å²) in [6.45, 7) is 0. The molecular weight excluding hydrogens is 333 g/mol. The molecule has 88 valence electrons. The number of carbonyl (C=O) groups is 1. The number of carboxylic acids is 1. The number of hydrogen-bond acceptors (Lipinski definition) is 4. The molecule has 0 radical (unpaired) electrons. The van der Waals surface area contributed by atoms with E-state index in [1.165, 1.54) is 0 Å². The molecule has 0 unspecified atom stereocenters. The van der Waals surface area contributed by atoms with E-state index in [1.807, 2.05) is 19.0 Å². The van der Waals surface area contributed by atoms with Crippen LogP contribution < -0.4 is 4.90 Å². The predicted octanol–water partition coefficient (Wildman–Crippen LogP) is 2.00. The standard InChI is InChI=1S/C11H10IN3O2/c1-15(2)10-8-5-6(11(16)17)3-4-7(8)9(12)13-14-10/h3-5H,1-2H3,(H,16,17). The van der Waals surface area contributed by atoms with Gasteiger partial charge in [-0.1, -0.05) is 6.07 Å². The SMILES string of the molecule is CN(C)c1nnc(I)c2ccc(C(=O)O)cc12. The number of hydrogen-bond donors (Lipinski definition) is 1. The highest BCUT2D eigenvalue weighted by Gasteiger charge is 2.12. The molecule has 2 rings (SSSR count). The Hall–Kier alpha value is -1.44. The third kappa shape index (κ3) is 2.17. The van der Waals surface area contributed by atoms with Crippen molar-refractivity contribution in [2.45, 2.75) is 0 Å². The highest BCUT2D eigenvalue weighted by Crippen LogP contribution is 2.26. The number of nitrogens with zero attached hydrogens (tertiary/aromatic N) is 3. The first-order valence-corrected chi connectivity index (χ1v) is 5.95. The van der Waals surface area contributed by atoms with E-state index in [2.05, 4.69) is 32.8 Å². The van der Waals surface area contributed by atoms with Crippen molar-refractivity contribution in [3.63, 3.8) is 0 Å². The minimum Gasteiger partial charge on any atom is -0.478 e. The first kappa shape index (κ1) is 12.0. The zero-order chi connectivity index (χ0) is 12.6. The quantitative estimate of drug-likeness (QED) is 0.845. The Kier molecular flexibility index (Phi) is 3.14. The summed E-state index contributed by atoms with van der Waals surface area (Å²) in [5, 5.41) is 18.8. The van der Waals surface area contributed by atoms with Crippen LogP contribution in [0.15, 0.2) is 18.2 Å². The first-order chi connectivity index (χ1) is 8.00. The monoisotopic (exact) mass is 343 g/mol. The second kappa shape index (κ2) is 4.44. The van der Waals surface area contributed by atoms with E-state index in [1.54, 1.807) is 18.2 Å². The van der Waals surface area contributed by atoms with Crippen LogP contribution in [-0.2, 0) is 0 Å². The second-order valence-electron chi connectivity index (χ2n) is 3.77. The van der Waals surface area contributed by atoms with Crippen LogP contribution in [0.25, 0.3) is 10.8 Å². The Morgan fingerprint density at radius 1 is 1.29 bits per heavy atom. The van der Waals surface area contributed by atoms with Crippen molar-refractivity contribution < 1.29 is 9.90 Å². The van der Waals surface area contributed by atoms with E-state index in [0.29, 0.717) is 5.82 Å². The van der Waals surface area contributed by atoms with Gasteiger partial charge in [-0.3, -0.25) is 0 Å². The molecule has 2 aromatic rings. The largest absolute Gasteiger partial charge is 0.478 e. The minimum absolute atomic E-state index is 0.254. The average molecular weight is 343 g/mol. The third-order valence-electron chi connectivity index (χ3n) is 2.39. The summed E-state index contributed by atoms with van der Waals surface area (Å²) in [6, 6.07) is 4.97. The lowest BCUT2D eigenvalue weighted by Crippen LogP contribution is -2.12. The smallest absolute Gasteiger partial charge is 0.335 e. The van der Waals surface area contributed by atoms with Crippen LogP contribution in [0.2, 0.25) is 0 Å². The van der Waals surface area contributed by atoms with Gasteiger partial charge in [-0.25, -0.2) is 4.79 Å². The zero-order valence-corrected chi connectivity index (χ0v) is 11.5. The van der Waals surface area contributed by atoms with Gasteiger partial charge in [0, 0.05) is 24.9 Å². The summed E-state index contributed by atoms with van der Waals surface area (Å²) in [5.41, 5.74) is 0.254. The van der Waals surface area contributed by atoms with Gasteiger partial charge in [-0.05, 0) is 34.7 Å². The Morgan fingerprint density at radius 2 is 2.00 bits per heavy atom. The molecule has 5 nitrogen and oxygen atoms in total. The number of carboxylic acid groups (broad SMARTS) is 1. The van der Waals surface area contributed by atoms with Crippen molar-refractivity contribution in [3.05, 3.63) is 27.5 Å². The highest BCUT2D eigenvalue weighted by molar-refractivity contribution is 14.1. The minimum atomic E-state index is -0.941. The fourth-order valence-corrected chi connectivity index (χ4v) is 2.15. The molecule has 0 aliphatic heterocycles. The summed E-state index contributed by atoms with van der Waals surface area (Å²) >= 11 is 2.09. The van der Waals surface area contributed by atoms with Crippen molar-refractivity contribution in [2.24, 2.45) is 0 Å². The molecule has 6 heteroatoms. The van der Waals surface area contributed by atoms with Gasteiger partial charge in [0.15, 0.2) is 5.82 Å². The molecule has 0 spiro atoms. The van der Waals surface area contributed by atoms with Crippen LogP contribution in [0.3, 0.4) is 0 Å². The molecule has 0 atom stereocenters. The van der Waals surface area contributed by atoms with Gasteiger partial charge in [-0.15, -0.1) is 10.2 Å². The molecule has 1 heterocycles. The number of fused-ring (bicyclic) bond motifs is 1. The van der Waals surface area contributed by atoms with Crippen LogP contribution in [0.1, 0.15) is 10.4 Å².